The highest BCUT2D eigenvalue weighted by Gasteiger charge is 2.18. The molecule has 0 aliphatic heterocycles. The van der Waals surface area contributed by atoms with E-state index in [9.17, 15) is 4.79 Å². The number of carbonyl (C=O) groups is 1. The third kappa shape index (κ3) is 3.92. The molecule has 3 rings (SSSR count). The monoisotopic (exact) mass is 390 g/mol. The maximum Gasteiger partial charge on any atom is 0.269 e. The van der Waals surface area contributed by atoms with Crippen molar-refractivity contribution in [2.75, 3.05) is 12.4 Å². The SMILES string of the molecule is COc1ccc2c(Cl)c(C(=O)NC(=S)Nc3ccc(C)cc3)sc2c1. The Hall–Kier alpha value is -2.15. The molecular weight excluding hydrogens is 376 g/mol. The summed E-state index contributed by atoms with van der Waals surface area (Å²) in [5, 5.41) is 7.10. The van der Waals surface area contributed by atoms with Gasteiger partial charge < -0.3 is 10.1 Å². The van der Waals surface area contributed by atoms with Gasteiger partial charge in [-0.15, -0.1) is 11.3 Å². The zero-order valence-corrected chi connectivity index (χ0v) is 15.9. The predicted octanol–water partition coefficient (Wildman–Crippen LogP) is 5.00. The number of ether oxygens (including phenoxy) is 1. The highest BCUT2D eigenvalue weighted by molar-refractivity contribution is 7.80. The Morgan fingerprint density at radius 2 is 1.92 bits per heavy atom. The van der Waals surface area contributed by atoms with Crippen LogP contribution in [0.15, 0.2) is 42.5 Å². The molecule has 2 N–H and O–H groups in total. The van der Waals surface area contributed by atoms with Crippen LogP contribution in [0.1, 0.15) is 15.2 Å². The second-order valence-corrected chi connectivity index (χ2v) is 7.22. The molecule has 0 saturated heterocycles. The number of benzene rings is 2. The maximum atomic E-state index is 12.5. The van der Waals surface area contributed by atoms with E-state index in [0.717, 1.165) is 21.3 Å². The Balaban J connectivity index is 1.76. The minimum Gasteiger partial charge on any atom is -0.497 e. The highest BCUT2D eigenvalue weighted by atomic mass is 35.5. The van der Waals surface area contributed by atoms with Gasteiger partial charge in [0, 0.05) is 15.8 Å². The number of nitrogens with one attached hydrogen (secondary N) is 2. The lowest BCUT2D eigenvalue weighted by molar-refractivity contribution is 0.0982. The van der Waals surface area contributed by atoms with Gasteiger partial charge in [0.25, 0.3) is 5.91 Å². The van der Waals surface area contributed by atoms with Gasteiger partial charge in [0.1, 0.15) is 10.6 Å². The first-order chi connectivity index (χ1) is 12.0. The standard InChI is InChI=1S/C18H15ClN2O2S2/c1-10-3-5-11(6-4-10)20-18(24)21-17(22)16-15(19)13-8-7-12(23-2)9-14(13)25-16/h3-9H,1-2H3,(H2,20,21,22,24). The van der Waals surface area contributed by atoms with Crippen molar-refractivity contribution in [3.63, 3.8) is 0 Å². The van der Waals surface area contributed by atoms with Gasteiger partial charge in [0.05, 0.1) is 12.1 Å². The van der Waals surface area contributed by atoms with Crippen LogP contribution in [0.25, 0.3) is 10.1 Å². The van der Waals surface area contributed by atoms with E-state index in [4.69, 9.17) is 28.6 Å². The lowest BCUT2D eigenvalue weighted by atomic mass is 10.2. The van der Waals surface area contributed by atoms with E-state index in [1.54, 1.807) is 7.11 Å². The van der Waals surface area contributed by atoms with Crippen LogP contribution in [0.4, 0.5) is 5.69 Å². The smallest absolute Gasteiger partial charge is 0.269 e. The van der Waals surface area contributed by atoms with Crippen molar-refractivity contribution in [3.05, 3.63) is 57.9 Å². The average molecular weight is 391 g/mol. The lowest BCUT2D eigenvalue weighted by Crippen LogP contribution is -2.33. The number of fused-ring (bicyclic) bond motifs is 1. The van der Waals surface area contributed by atoms with Crippen LogP contribution in [-0.4, -0.2) is 18.1 Å². The van der Waals surface area contributed by atoms with Gasteiger partial charge in [-0.2, -0.15) is 0 Å². The Bertz CT molecular complexity index is 952. The molecule has 25 heavy (non-hydrogen) atoms. The van der Waals surface area contributed by atoms with E-state index in [1.165, 1.54) is 11.3 Å². The molecule has 3 aromatic rings. The third-order valence-electron chi connectivity index (χ3n) is 3.58. The summed E-state index contributed by atoms with van der Waals surface area (Å²) in [5.41, 5.74) is 1.95. The van der Waals surface area contributed by atoms with Crippen LogP contribution in [0.2, 0.25) is 5.02 Å². The van der Waals surface area contributed by atoms with Crippen LogP contribution in [0, 0.1) is 6.92 Å². The lowest BCUT2D eigenvalue weighted by Gasteiger charge is -2.09. The Morgan fingerprint density at radius 3 is 2.60 bits per heavy atom. The van der Waals surface area contributed by atoms with E-state index < -0.39 is 0 Å². The molecule has 0 radical (unpaired) electrons. The molecule has 4 nitrogen and oxygen atoms in total. The summed E-state index contributed by atoms with van der Waals surface area (Å²) < 4.78 is 6.08. The van der Waals surface area contributed by atoms with Gasteiger partial charge in [-0.25, -0.2) is 0 Å². The van der Waals surface area contributed by atoms with Gasteiger partial charge in [0.2, 0.25) is 0 Å². The van der Waals surface area contributed by atoms with Gasteiger partial charge in [-0.1, -0.05) is 29.3 Å². The normalized spacial score (nSPS) is 10.5. The summed E-state index contributed by atoms with van der Waals surface area (Å²) in [5.74, 6) is 0.378. The number of methoxy groups -OCH3 is 1. The van der Waals surface area contributed by atoms with Crippen LogP contribution in [0.5, 0.6) is 5.75 Å². The summed E-state index contributed by atoms with van der Waals surface area (Å²) in [4.78, 5) is 12.9. The molecule has 2 aromatic carbocycles. The first kappa shape index (κ1) is 17.7. The zero-order valence-electron chi connectivity index (χ0n) is 13.6. The number of amides is 1. The maximum absolute atomic E-state index is 12.5. The van der Waals surface area contributed by atoms with Gasteiger partial charge >= 0.3 is 0 Å². The van der Waals surface area contributed by atoms with Gasteiger partial charge in [-0.05, 0) is 49.5 Å². The first-order valence-corrected chi connectivity index (χ1v) is 9.03. The van der Waals surface area contributed by atoms with Crippen LogP contribution < -0.4 is 15.4 Å². The van der Waals surface area contributed by atoms with Crippen molar-refractivity contribution in [1.82, 2.24) is 5.32 Å². The van der Waals surface area contributed by atoms with E-state index >= 15 is 0 Å². The minimum atomic E-state index is -0.338. The summed E-state index contributed by atoms with van der Waals surface area (Å²) in [6, 6.07) is 13.2. The Kier molecular flexibility index (Phi) is 5.22. The summed E-state index contributed by atoms with van der Waals surface area (Å²) in [7, 11) is 1.60. The molecule has 0 aliphatic carbocycles. The molecule has 1 heterocycles. The quantitative estimate of drug-likeness (QED) is 0.618. The Morgan fingerprint density at radius 1 is 1.20 bits per heavy atom. The number of rotatable bonds is 3. The van der Waals surface area contributed by atoms with Crippen LogP contribution >= 0.6 is 35.2 Å². The largest absolute Gasteiger partial charge is 0.497 e. The third-order valence-corrected chi connectivity index (χ3v) is 5.44. The molecule has 0 bridgehead atoms. The van der Waals surface area contributed by atoms with Crippen molar-refractivity contribution in [3.8, 4) is 5.75 Å². The number of aryl methyl sites for hydroxylation is 1. The molecule has 0 fully saturated rings. The van der Waals surface area contributed by atoms with Crippen molar-refractivity contribution < 1.29 is 9.53 Å². The molecule has 0 atom stereocenters. The Labute approximate surface area is 159 Å². The fourth-order valence-corrected chi connectivity index (χ4v) is 3.93. The molecule has 1 aromatic heterocycles. The second-order valence-electron chi connectivity index (χ2n) is 5.38. The second kappa shape index (κ2) is 7.39. The van der Waals surface area contributed by atoms with Crippen molar-refractivity contribution in [1.29, 1.82) is 0 Å². The number of thiophene rings is 1. The van der Waals surface area contributed by atoms with E-state index in [1.807, 2.05) is 49.4 Å². The van der Waals surface area contributed by atoms with Crippen LogP contribution in [0.3, 0.4) is 0 Å². The number of hydrogen-bond donors (Lipinski definition) is 2. The van der Waals surface area contributed by atoms with Crippen molar-refractivity contribution in [2.24, 2.45) is 0 Å². The van der Waals surface area contributed by atoms with E-state index in [0.29, 0.717) is 15.6 Å². The number of halogens is 1. The molecule has 1 amide bonds. The first-order valence-electron chi connectivity index (χ1n) is 7.43. The predicted molar refractivity (Wildman–Crippen MR) is 108 cm³/mol. The molecule has 0 unspecified atom stereocenters. The summed E-state index contributed by atoms with van der Waals surface area (Å²) in [6.07, 6.45) is 0. The topological polar surface area (TPSA) is 50.4 Å². The molecule has 0 aliphatic rings. The van der Waals surface area contributed by atoms with Crippen LogP contribution in [-0.2, 0) is 0 Å². The van der Waals surface area contributed by atoms with E-state index in [2.05, 4.69) is 10.6 Å². The molecule has 0 saturated carbocycles. The zero-order chi connectivity index (χ0) is 18.0. The van der Waals surface area contributed by atoms with Gasteiger partial charge in [-0.3, -0.25) is 10.1 Å². The number of carbonyl (C=O) groups excluding carboxylic acids is 1. The van der Waals surface area contributed by atoms with E-state index in [-0.39, 0.29) is 11.0 Å². The van der Waals surface area contributed by atoms with Crippen molar-refractivity contribution >= 4 is 61.9 Å². The number of thiocarbonyl (C=S) groups is 1. The number of hydrogen-bond acceptors (Lipinski definition) is 4. The highest BCUT2D eigenvalue weighted by Crippen LogP contribution is 2.37. The fraction of sp³-hybridized carbons (Fsp3) is 0.111. The number of anilines is 1. The average Bonchev–Trinajstić information content (AvgIpc) is 2.93. The summed E-state index contributed by atoms with van der Waals surface area (Å²) >= 11 is 12.9. The molecule has 0 spiro atoms. The van der Waals surface area contributed by atoms with Crippen molar-refractivity contribution in [2.45, 2.75) is 6.92 Å². The minimum absolute atomic E-state index is 0.222. The molecule has 7 heteroatoms. The molecule has 128 valence electrons. The molecular formula is C18H15ClN2O2S2. The fourth-order valence-electron chi connectivity index (χ4n) is 2.28. The van der Waals surface area contributed by atoms with Gasteiger partial charge in [0.15, 0.2) is 5.11 Å². The summed E-state index contributed by atoms with van der Waals surface area (Å²) in [6.45, 7) is 2.00.